The summed E-state index contributed by atoms with van der Waals surface area (Å²) < 4.78 is 28.2. The van der Waals surface area contributed by atoms with Crippen molar-refractivity contribution in [1.29, 1.82) is 0 Å². The number of halogens is 1. The molecule has 0 saturated carbocycles. The summed E-state index contributed by atoms with van der Waals surface area (Å²) in [6, 6.07) is 12.3. The molecule has 1 aliphatic heterocycles. The maximum atomic E-state index is 12.3. The van der Waals surface area contributed by atoms with Crippen LogP contribution in [0.15, 0.2) is 51.8 Å². The monoisotopic (exact) mass is 366 g/mol. The lowest BCUT2D eigenvalue weighted by atomic mass is 10.0. The lowest BCUT2D eigenvalue weighted by molar-refractivity contribution is 0.601. The summed E-state index contributed by atoms with van der Waals surface area (Å²) in [6.07, 6.45) is 0.981. The minimum absolute atomic E-state index is 0.251. The molecule has 110 valence electrons. The van der Waals surface area contributed by atoms with Crippen LogP contribution in [0.4, 0.5) is 5.69 Å². The van der Waals surface area contributed by atoms with Crippen molar-refractivity contribution in [3.8, 4) is 0 Å². The summed E-state index contributed by atoms with van der Waals surface area (Å²) in [4.78, 5) is 0.251. The van der Waals surface area contributed by atoms with Gasteiger partial charge in [-0.1, -0.05) is 22.0 Å². The van der Waals surface area contributed by atoms with E-state index < -0.39 is 10.0 Å². The Morgan fingerprint density at radius 3 is 2.57 bits per heavy atom. The molecule has 2 aromatic rings. The molecule has 0 saturated heterocycles. The highest BCUT2D eigenvalue weighted by Crippen LogP contribution is 2.22. The van der Waals surface area contributed by atoms with Gasteiger partial charge in [0.05, 0.1) is 4.90 Å². The Kier molecular flexibility index (Phi) is 4.01. The van der Waals surface area contributed by atoms with E-state index in [-0.39, 0.29) is 4.90 Å². The van der Waals surface area contributed by atoms with Crippen LogP contribution in [0.1, 0.15) is 11.1 Å². The largest absolute Gasteiger partial charge is 0.312 e. The van der Waals surface area contributed by atoms with Crippen molar-refractivity contribution in [3.05, 3.63) is 58.1 Å². The van der Waals surface area contributed by atoms with Gasteiger partial charge in [0.25, 0.3) is 10.0 Å². The Hall–Kier alpha value is -1.37. The Morgan fingerprint density at radius 2 is 1.81 bits per heavy atom. The smallest absolute Gasteiger partial charge is 0.261 e. The number of hydrogen-bond acceptors (Lipinski definition) is 3. The van der Waals surface area contributed by atoms with E-state index in [1.165, 1.54) is 5.56 Å². The molecule has 0 unspecified atom stereocenters. The van der Waals surface area contributed by atoms with Gasteiger partial charge in [0.1, 0.15) is 0 Å². The standard InChI is InChI=1S/C15H15BrN2O2S/c16-13-2-5-15(6-3-13)21(19,20)18-14-4-1-11-7-8-17-10-12(11)9-14/h1-6,9,17-18H,7-8,10H2. The molecule has 2 N–H and O–H groups in total. The van der Waals surface area contributed by atoms with Crippen LogP contribution in [0.5, 0.6) is 0 Å². The van der Waals surface area contributed by atoms with E-state index in [4.69, 9.17) is 0 Å². The fraction of sp³-hybridized carbons (Fsp3) is 0.200. The zero-order valence-electron chi connectivity index (χ0n) is 11.3. The van der Waals surface area contributed by atoms with E-state index in [9.17, 15) is 8.42 Å². The van der Waals surface area contributed by atoms with Crippen LogP contribution >= 0.6 is 15.9 Å². The van der Waals surface area contributed by atoms with Crippen LogP contribution in [0, 0.1) is 0 Å². The number of hydrogen-bond donors (Lipinski definition) is 2. The lowest BCUT2D eigenvalue weighted by Crippen LogP contribution is -2.23. The molecule has 0 bridgehead atoms. The maximum absolute atomic E-state index is 12.3. The van der Waals surface area contributed by atoms with Crippen LogP contribution in [0.2, 0.25) is 0 Å². The van der Waals surface area contributed by atoms with Gasteiger partial charge in [-0.15, -0.1) is 0 Å². The number of rotatable bonds is 3. The quantitative estimate of drug-likeness (QED) is 0.877. The van der Waals surface area contributed by atoms with E-state index in [1.807, 2.05) is 18.2 Å². The normalized spacial score (nSPS) is 14.5. The van der Waals surface area contributed by atoms with Gasteiger partial charge in [0.2, 0.25) is 0 Å². The van der Waals surface area contributed by atoms with Crippen molar-refractivity contribution >= 4 is 31.6 Å². The summed E-state index contributed by atoms with van der Waals surface area (Å²) in [5.74, 6) is 0. The van der Waals surface area contributed by atoms with Gasteiger partial charge in [-0.3, -0.25) is 4.72 Å². The number of sulfonamides is 1. The Labute approximate surface area is 132 Å². The molecule has 0 aromatic heterocycles. The van der Waals surface area contributed by atoms with E-state index in [0.717, 1.165) is 29.5 Å². The molecule has 0 spiro atoms. The fourth-order valence-electron chi connectivity index (χ4n) is 2.37. The second-order valence-electron chi connectivity index (χ2n) is 4.97. The third-order valence-corrected chi connectivity index (χ3v) is 5.39. The predicted molar refractivity (Wildman–Crippen MR) is 86.8 cm³/mol. The van der Waals surface area contributed by atoms with Gasteiger partial charge in [0, 0.05) is 16.7 Å². The summed E-state index contributed by atoms with van der Waals surface area (Å²) >= 11 is 3.30. The average Bonchev–Trinajstić information content (AvgIpc) is 2.47. The number of fused-ring (bicyclic) bond motifs is 1. The minimum Gasteiger partial charge on any atom is -0.312 e. The Balaban J connectivity index is 1.87. The number of benzene rings is 2. The molecule has 21 heavy (non-hydrogen) atoms. The number of anilines is 1. The van der Waals surface area contributed by atoms with E-state index in [0.29, 0.717) is 5.69 Å². The topological polar surface area (TPSA) is 58.2 Å². The van der Waals surface area contributed by atoms with Gasteiger partial charge in [-0.05, 0) is 60.5 Å². The fourth-order valence-corrected chi connectivity index (χ4v) is 3.69. The molecule has 0 aliphatic carbocycles. The summed E-state index contributed by atoms with van der Waals surface area (Å²) in [5.41, 5.74) is 3.03. The van der Waals surface area contributed by atoms with Crippen LogP contribution in [-0.4, -0.2) is 15.0 Å². The first-order chi connectivity index (χ1) is 10.0. The molecule has 0 atom stereocenters. The molecule has 2 aromatic carbocycles. The van der Waals surface area contributed by atoms with Crippen molar-refractivity contribution in [1.82, 2.24) is 5.32 Å². The maximum Gasteiger partial charge on any atom is 0.261 e. The minimum atomic E-state index is -3.55. The highest BCUT2D eigenvalue weighted by atomic mass is 79.9. The Morgan fingerprint density at radius 1 is 1.05 bits per heavy atom. The average molecular weight is 367 g/mol. The zero-order chi connectivity index (χ0) is 14.9. The van der Waals surface area contributed by atoms with Crippen LogP contribution < -0.4 is 10.0 Å². The van der Waals surface area contributed by atoms with Crippen molar-refractivity contribution in [2.45, 2.75) is 17.9 Å². The first-order valence-electron chi connectivity index (χ1n) is 6.65. The third-order valence-electron chi connectivity index (χ3n) is 3.47. The van der Waals surface area contributed by atoms with Crippen LogP contribution in [0.25, 0.3) is 0 Å². The molecule has 4 nitrogen and oxygen atoms in total. The predicted octanol–water partition coefficient (Wildman–Crippen LogP) is 2.90. The van der Waals surface area contributed by atoms with Crippen LogP contribution in [-0.2, 0) is 23.0 Å². The van der Waals surface area contributed by atoms with Crippen LogP contribution in [0.3, 0.4) is 0 Å². The van der Waals surface area contributed by atoms with Gasteiger partial charge in [0.15, 0.2) is 0 Å². The van der Waals surface area contributed by atoms with E-state index in [1.54, 1.807) is 24.3 Å². The highest BCUT2D eigenvalue weighted by Gasteiger charge is 2.15. The molecule has 1 heterocycles. The van der Waals surface area contributed by atoms with Crippen molar-refractivity contribution < 1.29 is 8.42 Å². The highest BCUT2D eigenvalue weighted by molar-refractivity contribution is 9.10. The molecule has 1 aliphatic rings. The molecule has 0 amide bonds. The van der Waals surface area contributed by atoms with E-state index in [2.05, 4.69) is 26.0 Å². The SMILES string of the molecule is O=S(=O)(Nc1ccc2c(c1)CNCC2)c1ccc(Br)cc1. The molecule has 6 heteroatoms. The summed E-state index contributed by atoms with van der Waals surface area (Å²) in [7, 11) is -3.55. The van der Waals surface area contributed by atoms with Crippen molar-refractivity contribution in [3.63, 3.8) is 0 Å². The van der Waals surface area contributed by atoms with Gasteiger partial charge >= 0.3 is 0 Å². The Bertz CT molecular complexity index is 758. The van der Waals surface area contributed by atoms with E-state index >= 15 is 0 Å². The van der Waals surface area contributed by atoms with Gasteiger partial charge in [-0.2, -0.15) is 0 Å². The summed E-state index contributed by atoms with van der Waals surface area (Å²) in [5, 5.41) is 3.29. The molecular weight excluding hydrogens is 352 g/mol. The molecule has 3 rings (SSSR count). The first-order valence-corrected chi connectivity index (χ1v) is 8.93. The number of nitrogens with one attached hydrogen (secondary N) is 2. The second kappa shape index (κ2) is 5.79. The molecule has 0 fully saturated rings. The van der Waals surface area contributed by atoms with Gasteiger partial charge in [-0.25, -0.2) is 8.42 Å². The third kappa shape index (κ3) is 3.28. The summed E-state index contributed by atoms with van der Waals surface area (Å²) in [6.45, 7) is 1.75. The molecular formula is C15H15BrN2O2S. The lowest BCUT2D eigenvalue weighted by Gasteiger charge is -2.18. The second-order valence-corrected chi connectivity index (χ2v) is 7.57. The zero-order valence-corrected chi connectivity index (χ0v) is 13.7. The van der Waals surface area contributed by atoms with Crippen molar-refractivity contribution in [2.24, 2.45) is 0 Å². The molecule has 0 radical (unpaired) electrons. The van der Waals surface area contributed by atoms with Gasteiger partial charge < -0.3 is 5.32 Å². The first kappa shape index (κ1) is 14.6. The van der Waals surface area contributed by atoms with Crippen molar-refractivity contribution in [2.75, 3.05) is 11.3 Å².